The number of nitrogens with one attached hydrogen (secondary N) is 1. The van der Waals surface area contributed by atoms with Crippen molar-refractivity contribution >= 4 is 10.9 Å². The predicted molar refractivity (Wildman–Crippen MR) is 90.8 cm³/mol. The lowest BCUT2D eigenvalue weighted by atomic mass is 10.0. The number of hydrogen-bond donors (Lipinski definition) is 2. The average molecular weight is 303 g/mol. The molecular weight excluding hydrogens is 289 g/mol. The van der Waals surface area contributed by atoms with Crippen LogP contribution in [0.5, 0.6) is 5.75 Å². The lowest BCUT2D eigenvalue weighted by Crippen LogP contribution is -1.83. The summed E-state index contributed by atoms with van der Waals surface area (Å²) in [7, 11) is 0. The number of benzene rings is 3. The molecule has 2 nitrogen and oxygen atoms in total. The van der Waals surface area contributed by atoms with Crippen LogP contribution in [0.1, 0.15) is 0 Å². The van der Waals surface area contributed by atoms with Crippen LogP contribution < -0.4 is 0 Å². The Kier molecular flexibility index (Phi) is 3.12. The molecule has 3 heteroatoms. The molecule has 0 aliphatic rings. The maximum atomic E-state index is 14.0. The molecule has 0 aliphatic heterocycles. The van der Waals surface area contributed by atoms with E-state index in [1.54, 1.807) is 6.07 Å². The van der Waals surface area contributed by atoms with Crippen LogP contribution in [0.15, 0.2) is 72.8 Å². The molecule has 1 aromatic heterocycles. The minimum Gasteiger partial charge on any atom is -0.508 e. The van der Waals surface area contributed by atoms with Gasteiger partial charge in [-0.1, -0.05) is 36.4 Å². The lowest BCUT2D eigenvalue weighted by Gasteiger charge is -2.04. The van der Waals surface area contributed by atoms with E-state index in [9.17, 15) is 9.50 Å². The highest BCUT2D eigenvalue weighted by Gasteiger charge is 2.09. The molecule has 3 aromatic carbocycles. The Labute approximate surface area is 132 Å². The summed E-state index contributed by atoms with van der Waals surface area (Å²) in [6.07, 6.45) is 0. The second-order valence-electron chi connectivity index (χ2n) is 5.52. The first-order valence-corrected chi connectivity index (χ1v) is 7.38. The Morgan fingerprint density at radius 3 is 2.39 bits per heavy atom. The third-order valence-corrected chi connectivity index (χ3v) is 3.97. The van der Waals surface area contributed by atoms with E-state index in [0.29, 0.717) is 5.56 Å². The van der Waals surface area contributed by atoms with E-state index in [1.165, 1.54) is 6.07 Å². The van der Waals surface area contributed by atoms with Gasteiger partial charge in [0.2, 0.25) is 0 Å². The third kappa shape index (κ3) is 2.46. The van der Waals surface area contributed by atoms with Gasteiger partial charge in [0.1, 0.15) is 11.6 Å². The van der Waals surface area contributed by atoms with Crippen molar-refractivity contribution in [3.8, 4) is 28.1 Å². The molecular formula is C20H14FNO. The van der Waals surface area contributed by atoms with Crippen LogP contribution in [0, 0.1) is 5.82 Å². The van der Waals surface area contributed by atoms with Crippen LogP contribution in [0.2, 0.25) is 0 Å². The monoisotopic (exact) mass is 303 g/mol. The Bertz CT molecular complexity index is 989. The zero-order valence-corrected chi connectivity index (χ0v) is 12.3. The number of fused-ring (bicyclic) bond motifs is 1. The molecule has 112 valence electrons. The lowest BCUT2D eigenvalue weighted by molar-refractivity contribution is 0.469. The minimum atomic E-state index is -0.428. The summed E-state index contributed by atoms with van der Waals surface area (Å²) in [4.78, 5) is 3.38. The molecule has 0 saturated heterocycles. The molecule has 0 bridgehead atoms. The highest BCUT2D eigenvalue weighted by Crippen LogP contribution is 2.30. The Hall–Kier alpha value is -3.07. The van der Waals surface area contributed by atoms with Gasteiger partial charge in [-0.3, -0.25) is 0 Å². The fraction of sp³-hybridized carbons (Fsp3) is 0. The van der Waals surface area contributed by atoms with Crippen molar-refractivity contribution in [3.63, 3.8) is 0 Å². The van der Waals surface area contributed by atoms with E-state index in [2.05, 4.69) is 11.1 Å². The average Bonchev–Trinajstić information content (AvgIpc) is 2.99. The summed E-state index contributed by atoms with van der Waals surface area (Å²) in [5, 5.41) is 10.4. The fourth-order valence-electron chi connectivity index (χ4n) is 2.81. The summed E-state index contributed by atoms with van der Waals surface area (Å²) in [5.74, 6) is -0.497. The van der Waals surface area contributed by atoms with Crippen molar-refractivity contribution in [1.82, 2.24) is 4.98 Å². The molecule has 4 aromatic rings. The number of rotatable bonds is 2. The van der Waals surface area contributed by atoms with E-state index in [4.69, 9.17) is 0 Å². The standard InChI is InChI=1S/C20H14FNO/c21-18-12-16(23)7-8-17(18)14-6-9-19-15(10-14)11-20(22-19)13-4-2-1-3-5-13/h1-12,22-23H. The maximum Gasteiger partial charge on any atom is 0.134 e. The van der Waals surface area contributed by atoms with Crippen LogP contribution in [-0.2, 0) is 0 Å². The number of phenols is 1. The number of hydrogen-bond acceptors (Lipinski definition) is 1. The first kappa shape index (κ1) is 13.6. The SMILES string of the molecule is Oc1ccc(-c2ccc3[nH]c(-c4ccccc4)cc3c2)c(F)c1. The molecule has 0 spiro atoms. The van der Waals surface area contributed by atoms with Gasteiger partial charge in [-0.05, 0) is 41.5 Å². The topological polar surface area (TPSA) is 36.0 Å². The molecule has 0 unspecified atom stereocenters. The highest BCUT2D eigenvalue weighted by atomic mass is 19.1. The van der Waals surface area contributed by atoms with Gasteiger partial charge >= 0.3 is 0 Å². The number of halogens is 1. The zero-order chi connectivity index (χ0) is 15.8. The number of H-pyrrole nitrogens is 1. The number of aromatic hydroxyl groups is 1. The smallest absolute Gasteiger partial charge is 0.134 e. The Morgan fingerprint density at radius 1 is 0.783 bits per heavy atom. The molecule has 0 saturated carbocycles. The summed E-state index contributed by atoms with van der Waals surface area (Å²) < 4.78 is 14.0. The normalized spacial score (nSPS) is 11.0. The number of aromatic amines is 1. The summed E-state index contributed by atoms with van der Waals surface area (Å²) >= 11 is 0. The third-order valence-electron chi connectivity index (χ3n) is 3.97. The maximum absolute atomic E-state index is 14.0. The molecule has 0 amide bonds. The predicted octanol–water partition coefficient (Wildman–Crippen LogP) is 5.35. The van der Waals surface area contributed by atoms with Crippen LogP contribution >= 0.6 is 0 Å². The van der Waals surface area contributed by atoms with Gasteiger partial charge in [-0.25, -0.2) is 4.39 Å². The second kappa shape index (κ2) is 5.29. The van der Waals surface area contributed by atoms with E-state index in [0.717, 1.165) is 33.8 Å². The second-order valence-corrected chi connectivity index (χ2v) is 5.52. The van der Waals surface area contributed by atoms with Crippen molar-refractivity contribution < 1.29 is 9.50 Å². The molecule has 23 heavy (non-hydrogen) atoms. The van der Waals surface area contributed by atoms with E-state index in [-0.39, 0.29) is 5.75 Å². The van der Waals surface area contributed by atoms with Gasteiger partial charge in [-0.15, -0.1) is 0 Å². The first-order chi connectivity index (χ1) is 11.2. The van der Waals surface area contributed by atoms with Crippen LogP contribution in [0.25, 0.3) is 33.3 Å². The van der Waals surface area contributed by atoms with Gasteiger partial charge < -0.3 is 10.1 Å². The van der Waals surface area contributed by atoms with E-state index >= 15 is 0 Å². The quantitative estimate of drug-likeness (QED) is 0.514. The van der Waals surface area contributed by atoms with Crippen LogP contribution in [0.3, 0.4) is 0 Å². The molecule has 0 atom stereocenters. The summed E-state index contributed by atoms with van der Waals surface area (Å²) in [6.45, 7) is 0. The molecule has 0 aliphatic carbocycles. The van der Waals surface area contributed by atoms with E-state index in [1.807, 2.05) is 48.5 Å². The van der Waals surface area contributed by atoms with Gasteiger partial charge in [0, 0.05) is 28.2 Å². The Balaban J connectivity index is 1.82. The molecule has 0 radical (unpaired) electrons. The Morgan fingerprint density at radius 2 is 1.61 bits per heavy atom. The summed E-state index contributed by atoms with van der Waals surface area (Å²) in [6, 6.07) is 22.1. The van der Waals surface area contributed by atoms with Crippen molar-refractivity contribution in [1.29, 1.82) is 0 Å². The highest BCUT2D eigenvalue weighted by molar-refractivity contribution is 5.89. The molecule has 2 N–H and O–H groups in total. The van der Waals surface area contributed by atoms with Crippen molar-refractivity contribution in [2.75, 3.05) is 0 Å². The number of aromatic nitrogens is 1. The van der Waals surface area contributed by atoms with Crippen LogP contribution in [-0.4, -0.2) is 10.1 Å². The van der Waals surface area contributed by atoms with Crippen molar-refractivity contribution in [2.24, 2.45) is 0 Å². The molecule has 0 fully saturated rings. The van der Waals surface area contributed by atoms with Crippen LogP contribution in [0.4, 0.5) is 4.39 Å². The first-order valence-electron chi connectivity index (χ1n) is 7.38. The minimum absolute atomic E-state index is 0.0691. The fourth-order valence-corrected chi connectivity index (χ4v) is 2.81. The van der Waals surface area contributed by atoms with Gasteiger partial charge in [-0.2, -0.15) is 0 Å². The van der Waals surface area contributed by atoms with Crippen molar-refractivity contribution in [3.05, 3.63) is 78.6 Å². The van der Waals surface area contributed by atoms with Gasteiger partial charge in [0.15, 0.2) is 0 Å². The summed E-state index contributed by atoms with van der Waals surface area (Å²) in [5.41, 5.74) is 4.41. The number of phenolic OH excluding ortho intramolecular Hbond substituents is 1. The van der Waals surface area contributed by atoms with Gasteiger partial charge in [0.05, 0.1) is 0 Å². The largest absolute Gasteiger partial charge is 0.508 e. The zero-order valence-electron chi connectivity index (χ0n) is 12.3. The van der Waals surface area contributed by atoms with Crippen molar-refractivity contribution in [2.45, 2.75) is 0 Å². The molecule has 4 rings (SSSR count). The van der Waals surface area contributed by atoms with Gasteiger partial charge in [0.25, 0.3) is 0 Å². The molecule has 1 heterocycles. The van der Waals surface area contributed by atoms with E-state index < -0.39 is 5.82 Å².